The fraction of sp³-hybridized carbons (Fsp3) is 0.235. The van der Waals surface area contributed by atoms with Gasteiger partial charge in [0.2, 0.25) is 0 Å². The maximum absolute atomic E-state index is 12.8. The number of methoxy groups -OCH3 is 1. The van der Waals surface area contributed by atoms with Crippen LogP contribution in [-0.4, -0.2) is 33.5 Å². The Morgan fingerprint density at radius 3 is 2.37 bits per heavy atom. The molecule has 10 heteroatoms. The van der Waals surface area contributed by atoms with Crippen molar-refractivity contribution in [2.45, 2.75) is 17.3 Å². The van der Waals surface area contributed by atoms with Crippen molar-refractivity contribution < 1.29 is 35.9 Å². The molecule has 0 spiro atoms. The van der Waals surface area contributed by atoms with Gasteiger partial charge in [-0.15, -0.1) is 0 Å². The molecular weight excluding hydrogens is 387 g/mol. The highest BCUT2D eigenvalue weighted by molar-refractivity contribution is 7.92. The average molecular weight is 403 g/mol. The molecule has 2 aromatic carbocycles. The van der Waals surface area contributed by atoms with Gasteiger partial charge >= 0.3 is 5.51 Å². The lowest BCUT2D eigenvalue weighted by molar-refractivity contribution is -0.0436. The summed E-state index contributed by atoms with van der Waals surface area (Å²) >= 11 is 0. The van der Waals surface area contributed by atoms with E-state index >= 15 is 0 Å². The van der Waals surface area contributed by atoms with E-state index < -0.39 is 26.1 Å². The number of halogens is 3. The molecule has 0 saturated carbocycles. The molecule has 0 radical (unpaired) electrons. The number of benzene rings is 2. The van der Waals surface area contributed by atoms with E-state index in [9.17, 15) is 26.4 Å². The Hall–Kier alpha value is -2.75. The van der Waals surface area contributed by atoms with Crippen LogP contribution in [-0.2, 0) is 9.84 Å². The third kappa shape index (κ3) is 4.33. The van der Waals surface area contributed by atoms with Gasteiger partial charge in [-0.25, -0.2) is 8.42 Å². The summed E-state index contributed by atoms with van der Waals surface area (Å²) in [4.78, 5) is 11.5. The lowest BCUT2D eigenvalue weighted by Crippen LogP contribution is -2.23. The van der Waals surface area contributed by atoms with Crippen LogP contribution < -0.4 is 14.8 Å². The van der Waals surface area contributed by atoms with E-state index in [1.165, 1.54) is 13.2 Å². The summed E-state index contributed by atoms with van der Waals surface area (Å²) < 4.78 is 71.9. The maximum atomic E-state index is 12.8. The molecule has 0 saturated heterocycles. The minimum Gasteiger partial charge on any atom is -0.495 e. The van der Waals surface area contributed by atoms with Gasteiger partial charge in [-0.2, -0.15) is 13.2 Å². The Kier molecular flexibility index (Phi) is 5.99. The zero-order valence-electron chi connectivity index (χ0n) is 14.3. The molecule has 27 heavy (non-hydrogen) atoms. The Morgan fingerprint density at radius 1 is 1.11 bits per heavy atom. The van der Waals surface area contributed by atoms with Crippen molar-refractivity contribution in [3.63, 3.8) is 0 Å². The number of rotatable bonds is 6. The molecule has 0 atom stereocenters. The zero-order chi connectivity index (χ0) is 20.2. The van der Waals surface area contributed by atoms with Crippen LogP contribution in [0.5, 0.6) is 11.5 Å². The SMILES string of the molecule is CCOc1ccccc1C(=O)Nc1cc(S(=O)(=O)C(F)(F)F)ccc1OC. The van der Waals surface area contributed by atoms with Crippen LogP contribution in [0.15, 0.2) is 47.4 Å². The Morgan fingerprint density at radius 2 is 1.78 bits per heavy atom. The van der Waals surface area contributed by atoms with Crippen molar-refractivity contribution in [3.05, 3.63) is 48.0 Å². The molecule has 0 aliphatic heterocycles. The molecule has 0 heterocycles. The van der Waals surface area contributed by atoms with E-state index in [0.717, 1.165) is 12.1 Å². The third-order valence-electron chi connectivity index (χ3n) is 3.47. The van der Waals surface area contributed by atoms with Crippen molar-refractivity contribution in [3.8, 4) is 11.5 Å². The fourth-order valence-corrected chi connectivity index (χ4v) is 3.00. The van der Waals surface area contributed by atoms with Crippen molar-refractivity contribution in [2.24, 2.45) is 0 Å². The van der Waals surface area contributed by atoms with Gasteiger partial charge < -0.3 is 14.8 Å². The smallest absolute Gasteiger partial charge is 0.495 e. The summed E-state index contributed by atoms with van der Waals surface area (Å²) in [6.45, 7) is 2.02. The van der Waals surface area contributed by atoms with Crippen molar-refractivity contribution in [1.82, 2.24) is 0 Å². The van der Waals surface area contributed by atoms with Crippen molar-refractivity contribution in [1.29, 1.82) is 0 Å². The van der Waals surface area contributed by atoms with Crippen LogP contribution >= 0.6 is 0 Å². The molecule has 146 valence electrons. The number of nitrogens with one attached hydrogen (secondary N) is 1. The summed E-state index contributed by atoms with van der Waals surface area (Å²) in [6, 6.07) is 8.73. The lowest BCUT2D eigenvalue weighted by atomic mass is 10.1. The second kappa shape index (κ2) is 7.87. The van der Waals surface area contributed by atoms with Crippen LogP contribution in [0.25, 0.3) is 0 Å². The molecular formula is C17H16F3NO5S. The van der Waals surface area contributed by atoms with E-state index in [1.54, 1.807) is 25.1 Å². The first-order valence-electron chi connectivity index (χ1n) is 7.64. The summed E-state index contributed by atoms with van der Waals surface area (Å²) in [5.41, 5.74) is -5.56. The predicted molar refractivity (Wildman–Crippen MR) is 91.8 cm³/mol. The Bertz CT molecular complexity index is 942. The van der Waals surface area contributed by atoms with Gasteiger partial charge in [0.15, 0.2) is 0 Å². The highest BCUT2D eigenvalue weighted by Crippen LogP contribution is 2.35. The van der Waals surface area contributed by atoms with Gasteiger partial charge in [0.05, 0.1) is 29.9 Å². The van der Waals surface area contributed by atoms with Crippen LogP contribution in [0.3, 0.4) is 0 Å². The van der Waals surface area contributed by atoms with E-state index in [0.29, 0.717) is 12.7 Å². The molecule has 2 rings (SSSR count). The number of amides is 1. The molecule has 0 aliphatic carbocycles. The second-order valence-electron chi connectivity index (χ2n) is 5.19. The number of carbonyl (C=O) groups excluding carboxylic acids is 1. The number of para-hydroxylation sites is 1. The van der Waals surface area contributed by atoms with Crippen LogP contribution in [0.4, 0.5) is 18.9 Å². The molecule has 0 aliphatic rings. The molecule has 0 aromatic heterocycles. The highest BCUT2D eigenvalue weighted by Gasteiger charge is 2.47. The largest absolute Gasteiger partial charge is 0.501 e. The maximum Gasteiger partial charge on any atom is 0.501 e. The van der Waals surface area contributed by atoms with Crippen LogP contribution in [0, 0.1) is 0 Å². The quantitative estimate of drug-likeness (QED) is 0.797. The topological polar surface area (TPSA) is 81.7 Å². The number of hydrogen-bond donors (Lipinski definition) is 1. The summed E-state index contributed by atoms with van der Waals surface area (Å²) in [5, 5.41) is 2.36. The molecule has 6 nitrogen and oxygen atoms in total. The van der Waals surface area contributed by atoms with Gasteiger partial charge in [-0.05, 0) is 37.3 Å². The van der Waals surface area contributed by atoms with Gasteiger partial charge in [-0.3, -0.25) is 4.79 Å². The normalized spacial score (nSPS) is 11.7. The number of carbonyl (C=O) groups is 1. The summed E-state index contributed by atoms with van der Waals surface area (Å²) in [7, 11) is -4.34. The van der Waals surface area contributed by atoms with E-state index in [2.05, 4.69) is 5.32 Å². The number of hydrogen-bond acceptors (Lipinski definition) is 5. The number of anilines is 1. The average Bonchev–Trinajstić information content (AvgIpc) is 2.61. The minimum atomic E-state index is -5.57. The van der Waals surface area contributed by atoms with Gasteiger partial charge in [0.1, 0.15) is 11.5 Å². The molecule has 0 bridgehead atoms. The van der Waals surface area contributed by atoms with Gasteiger partial charge in [0, 0.05) is 0 Å². The Balaban J connectivity index is 2.44. The van der Waals surface area contributed by atoms with E-state index in [4.69, 9.17) is 9.47 Å². The van der Waals surface area contributed by atoms with Gasteiger partial charge in [-0.1, -0.05) is 12.1 Å². The highest BCUT2D eigenvalue weighted by atomic mass is 32.2. The first-order chi connectivity index (χ1) is 12.6. The molecule has 0 unspecified atom stereocenters. The summed E-state index contributed by atoms with van der Waals surface area (Å²) in [5.74, 6) is -0.423. The lowest BCUT2D eigenvalue weighted by Gasteiger charge is -2.15. The molecule has 2 aromatic rings. The predicted octanol–water partition coefficient (Wildman–Crippen LogP) is 3.64. The van der Waals surface area contributed by atoms with Gasteiger partial charge in [0.25, 0.3) is 15.7 Å². The minimum absolute atomic E-state index is 0.00151. The Labute approximate surface area is 153 Å². The van der Waals surface area contributed by atoms with E-state index in [-0.39, 0.29) is 22.7 Å². The molecule has 0 fully saturated rings. The molecule has 1 amide bonds. The standard InChI is InChI=1S/C17H16F3NO5S/c1-3-26-14-7-5-4-6-12(14)16(22)21-13-10-11(8-9-15(13)25-2)27(23,24)17(18,19)20/h4-10H,3H2,1-2H3,(H,21,22). The first-order valence-corrected chi connectivity index (χ1v) is 9.12. The number of alkyl halides is 3. The second-order valence-corrected chi connectivity index (χ2v) is 7.14. The monoisotopic (exact) mass is 403 g/mol. The number of sulfone groups is 1. The fourth-order valence-electron chi connectivity index (χ4n) is 2.21. The van der Waals surface area contributed by atoms with Crippen molar-refractivity contribution in [2.75, 3.05) is 19.0 Å². The zero-order valence-corrected chi connectivity index (χ0v) is 15.1. The van der Waals surface area contributed by atoms with Crippen LogP contribution in [0.2, 0.25) is 0 Å². The van der Waals surface area contributed by atoms with Crippen LogP contribution in [0.1, 0.15) is 17.3 Å². The van der Waals surface area contributed by atoms with E-state index in [1.807, 2.05) is 0 Å². The third-order valence-corrected chi connectivity index (χ3v) is 4.95. The molecule has 1 N–H and O–H groups in total. The number of ether oxygens (including phenoxy) is 2. The summed E-state index contributed by atoms with van der Waals surface area (Å²) in [6.07, 6.45) is 0. The first kappa shape index (κ1) is 20.6. The van der Waals surface area contributed by atoms with Crippen molar-refractivity contribution >= 4 is 21.4 Å².